The van der Waals surface area contributed by atoms with E-state index in [-0.39, 0.29) is 13.0 Å². The lowest BCUT2D eigenvalue weighted by molar-refractivity contribution is -0.231. The molecule has 1 unspecified atom stereocenters. The van der Waals surface area contributed by atoms with Gasteiger partial charge in [-0.15, -0.1) is 0 Å². The summed E-state index contributed by atoms with van der Waals surface area (Å²) in [7, 11) is 0. The van der Waals surface area contributed by atoms with Crippen LogP contribution in [-0.2, 0) is 14.3 Å². The molecule has 1 aliphatic rings. The van der Waals surface area contributed by atoms with Gasteiger partial charge in [-0.25, -0.2) is 0 Å². The number of carbonyl (C=O) groups excluding carboxylic acids is 1. The predicted octanol–water partition coefficient (Wildman–Crippen LogP) is -1.27. The second-order valence-electron chi connectivity index (χ2n) is 5.04. The zero-order valence-corrected chi connectivity index (χ0v) is 11.6. The van der Waals surface area contributed by atoms with E-state index in [1.165, 1.54) is 0 Å². The fourth-order valence-corrected chi connectivity index (χ4v) is 1.87. The maximum atomic E-state index is 11.6. The summed E-state index contributed by atoms with van der Waals surface area (Å²) in [5, 5.41) is 37.9. The van der Waals surface area contributed by atoms with E-state index >= 15 is 0 Å². The van der Waals surface area contributed by atoms with E-state index in [1.807, 2.05) is 13.8 Å². The van der Waals surface area contributed by atoms with Gasteiger partial charge in [-0.2, -0.15) is 0 Å². The largest absolute Gasteiger partial charge is 0.461 e. The van der Waals surface area contributed by atoms with Crippen LogP contribution in [0.2, 0.25) is 0 Å². The molecule has 116 valence electrons. The first-order valence-electron chi connectivity index (χ1n) is 6.46. The summed E-state index contributed by atoms with van der Waals surface area (Å²) < 4.78 is 10.1. The van der Waals surface area contributed by atoms with Crippen LogP contribution in [0.3, 0.4) is 0 Å². The minimum Gasteiger partial charge on any atom is -0.461 e. The molecule has 7 heteroatoms. The number of hydrogen-bond acceptors (Lipinski definition) is 7. The van der Waals surface area contributed by atoms with Crippen molar-refractivity contribution in [3.8, 4) is 0 Å². The molecular weight excluding hydrogens is 268 g/mol. The van der Waals surface area contributed by atoms with E-state index in [1.54, 1.807) is 6.08 Å². The summed E-state index contributed by atoms with van der Waals surface area (Å²) in [6.45, 7) is 3.34. The van der Waals surface area contributed by atoms with E-state index in [2.05, 4.69) is 0 Å². The van der Waals surface area contributed by atoms with Crippen LogP contribution in [0.25, 0.3) is 0 Å². The van der Waals surface area contributed by atoms with Crippen LogP contribution >= 0.6 is 0 Å². The highest BCUT2D eigenvalue weighted by atomic mass is 16.6. The van der Waals surface area contributed by atoms with Gasteiger partial charge in [0.15, 0.2) is 0 Å². The van der Waals surface area contributed by atoms with Gasteiger partial charge in [-0.3, -0.25) is 4.79 Å². The summed E-state index contributed by atoms with van der Waals surface area (Å²) >= 11 is 0. The molecule has 0 bridgehead atoms. The molecule has 4 N–H and O–H groups in total. The maximum absolute atomic E-state index is 11.6. The van der Waals surface area contributed by atoms with Crippen LogP contribution in [0.1, 0.15) is 20.3 Å². The number of rotatable bonds is 5. The zero-order chi connectivity index (χ0) is 15.3. The second kappa shape index (κ2) is 7.70. The quantitative estimate of drug-likeness (QED) is 0.368. The topological polar surface area (TPSA) is 116 Å². The highest BCUT2D eigenvalue weighted by Crippen LogP contribution is 2.23. The van der Waals surface area contributed by atoms with Gasteiger partial charge in [-0.05, 0) is 19.9 Å². The minimum atomic E-state index is -1.48. The first kappa shape index (κ1) is 17.1. The molecular formula is C13H22O7. The number of esters is 1. The number of aliphatic hydroxyl groups is 4. The van der Waals surface area contributed by atoms with Gasteiger partial charge >= 0.3 is 5.97 Å². The van der Waals surface area contributed by atoms with Gasteiger partial charge in [0.05, 0.1) is 19.1 Å². The molecule has 0 amide bonds. The third-order valence-corrected chi connectivity index (χ3v) is 3.09. The fourth-order valence-electron chi connectivity index (χ4n) is 1.87. The number of allylic oxidation sites excluding steroid dienone is 1. The SMILES string of the molecule is CC(C)=CCOC(=O)CC1O[C@H](CO)[C@H](O)[C@H](O)[C@H]1O. The molecule has 0 radical (unpaired) electrons. The molecule has 0 aliphatic carbocycles. The molecule has 7 nitrogen and oxygen atoms in total. The van der Waals surface area contributed by atoms with Crippen LogP contribution in [0.5, 0.6) is 0 Å². The lowest BCUT2D eigenvalue weighted by Crippen LogP contribution is -2.58. The summed E-state index contributed by atoms with van der Waals surface area (Å²) in [6.07, 6.45) is -4.88. The first-order valence-corrected chi connectivity index (χ1v) is 6.46. The van der Waals surface area contributed by atoms with Gasteiger partial charge in [0.25, 0.3) is 0 Å². The van der Waals surface area contributed by atoms with Crippen molar-refractivity contribution < 1.29 is 34.7 Å². The molecule has 0 aromatic heterocycles. The average molecular weight is 290 g/mol. The molecule has 1 fully saturated rings. The minimum absolute atomic E-state index is 0.124. The number of aliphatic hydroxyl groups excluding tert-OH is 4. The standard InChI is InChI=1S/C13H22O7/c1-7(2)3-4-19-10(15)5-8-11(16)13(18)12(17)9(6-14)20-8/h3,8-9,11-14,16-18H,4-6H2,1-2H3/t8?,9-,11+,12+,13-/m1/s1. The van der Waals surface area contributed by atoms with E-state index in [0.717, 1.165) is 5.57 Å². The van der Waals surface area contributed by atoms with Gasteiger partial charge in [0.1, 0.15) is 31.0 Å². The fraction of sp³-hybridized carbons (Fsp3) is 0.769. The Labute approximate surface area is 117 Å². The molecule has 5 atom stereocenters. The van der Waals surface area contributed by atoms with Crippen molar-refractivity contribution in [2.24, 2.45) is 0 Å². The van der Waals surface area contributed by atoms with E-state index in [4.69, 9.17) is 14.6 Å². The lowest BCUT2D eigenvalue weighted by Gasteiger charge is -2.39. The molecule has 1 aliphatic heterocycles. The van der Waals surface area contributed by atoms with Crippen LogP contribution in [-0.4, -0.2) is 70.1 Å². The number of hydrogen-bond donors (Lipinski definition) is 4. The van der Waals surface area contributed by atoms with E-state index in [0.29, 0.717) is 0 Å². The third kappa shape index (κ3) is 4.53. The highest BCUT2D eigenvalue weighted by Gasteiger charge is 2.44. The van der Waals surface area contributed by atoms with Crippen LogP contribution in [0, 0.1) is 0 Å². The summed E-state index contributed by atoms with van der Waals surface area (Å²) in [5.41, 5.74) is 1.01. The first-order chi connectivity index (χ1) is 9.36. The molecule has 0 saturated carbocycles. The van der Waals surface area contributed by atoms with E-state index in [9.17, 15) is 20.1 Å². The molecule has 1 heterocycles. The van der Waals surface area contributed by atoms with Gasteiger partial charge in [0, 0.05) is 0 Å². The number of carbonyl (C=O) groups is 1. The van der Waals surface area contributed by atoms with Crippen LogP contribution in [0.15, 0.2) is 11.6 Å². The summed E-state index contributed by atoms with van der Waals surface area (Å²) in [4.78, 5) is 11.6. The Kier molecular flexibility index (Phi) is 6.57. The van der Waals surface area contributed by atoms with Crippen LogP contribution in [0.4, 0.5) is 0 Å². The molecule has 1 rings (SSSR count). The Morgan fingerprint density at radius 2 is 1.75 bits per heavy atom. The summed E-state index contributed by atoms with van der Waals surface area (Å²) in [6, 6.07) is 0. The van der Waals surface area contributed by atoms with Crippen LogP contribution < -0.4 is 0 Å². The normalized spacial score (nSPS) is 33.6. The Hall–Kier alpha value is -0.990. The third-order valence-electron chi connectivity index (χ3n) is 3.09. The Morgan fingerprint density at radius 3 is 2.30 bits per heavy atom. The Bertz CT molecular complexity index is 349. The lowest BCUT2D eigenvalue weighted by atomic mass is 9.93. The van der Waals surface area contributed by atoms with Crippen molar-refractivity contribution in [3.63, 3.8) is 0 Å². The predicted molar refractivity (Wildman–Crippen MR) is 68.8 cm³/mol. The maximum Gasteiger partial charge on any atom is 0.308 e. The van der Waals surface area contributed by atoms with Crippen molar-refractivity contribution in [2.45, 2.75) is 50.8 Å². The molecule has 0 spiro atoms. The zero-order valence-electron chi connectivity index (χ0n) is 11.6. The monoisotopic (exact) mass is 290 g/mol. The highest BCUT2D eigenvalue weighted by molar-refractivity contribution is 5.70. The molecule has 20 heavy (non-hydrogen) atoms. The second-order valence-corrected chi connectivity index (χ2v) is 5.04. The van der Waals surface area contributed by atoms with Crippen molar-refractivity contribution in [1.29, 1.82) is 0 Å². The van der Waals surface area contributed by atoms with Crippen molar-refractivity contribution in [1.82, 2.24) is 0 Å². The molecule has 0 aromatic rings. The van der Waals surface area contributed by atoms with Crippen molar-refractivity contribution in [3.05, 3.63) is 11.6 Å². The van der Waals surface area contributed by atoms with Crippen molar-refractivity contribution in [2.75, 3.05) is 13.2 Å². The smallest absolute Gasteiger partial charge is 0.308 e. The molecule has 1 saturated heterocycles. The van der Waals surface area contributed by atoms with Crippen molar-refractivity contribution >= 4 is 5.97 Å². The van der Waals surface area contributed by atoms with Gasteiger partial charge < -0.3 is 29.9 Å². The average Bonchev–Trinajstić information content (AvgIpc) is 2.39. The van der Waals surface area contributed by atoms with E-state index < -0.39 is 43.1 Å². The van der Waals surface area contributed by atoms with Gasteiger partial charge in [0.2, 0.25) is 0 Å². The summed E-state index contributed by atoms with van der Waals surface area (Å²) in [5.74, 6) is -0.591. The molecule has 0 aromatic carbocycles. The number of ether oxygens (including phenoxy) is 2. The Morgan fingerprint density at radius 1 is 1.15 bits per heavy atom. The Balaban J connectivity index is 2.53. The van der Waals surface area contributed by atoms with Gasteiger partial charge in [-0.1, -0.05) is 5.57 Å².